The van der Waals surface area contributed by atoms with Gasteiger partial charge in [0.2, 0.25) is 0 Å². The van der Waals surface area contributed by atoms with Gasteiger partial charge in [0.25, 0.3) is 0 Å². The van der Waals surface area contributed by atoms with Gasteiger partial charge in [0, 0.05) is 11.4 Å². The molecule has 50 heavy (non-hydrogen) atoms. The van der Waals surface area contributed by atoms with Crippen LogP contribution in [0.3, 0.4) is 0 Å². The molecular weight excluding hydrogens is 605 g/mol. The Morgan fingerprint density at radius 3 is 1.02 bits per heavy atom. The maximum absolute atomic E-state index is 6.13. The van der Waals surface area contributed by atoms with Crippen LogP contribution in [-0.2, 0) is 38.5 Å². The van der Waals surface area contributed by atoms with E-state index in [1.165, 1.54) is 160 Å². The minimum absolute atomic E-state index is 0.889. The van der Waals surface area contributed by atoms with Crippen LogP contribution in [0.4, 0.5) is 11.4 Å². The number of benzene rings is 4. The van der Waals surface area contributed by atoms with Crippen LogP contribution in [-0.4, -0.2) is 0 Å². The maximum atomic E-state index is 6.13. The third kappa shape index (κ3) is 14.8. The van der Waals surface area contributed by atoms with E-state index in [4.69, 9.17) is 11.5 Å². The number of aryl methyl sites for hydroxylation is 4. The van der Waals surface area contributed by atoms with Gasteiger partial charge in [-0.25, -0.2) is 0 Å². The molecular formula is C48H68N2. The van der Waals surface area contributed by atoms with Gasteiger partial charge in [-0.3, -0.25) is 0 Å². The Kier molecular flexibility index (Phi) is 18.1. The van der Waals surface area contributed by atoms with Gasteiger partial charge in [0.15, 0.2) is 0 Å². The average Bonchev–Trinajstić information content (AvgIpc) is 3.13. The summed E-state index contributed by atoms with van der Waals surface area (Å²) in [6, 6.07) is 31.8. The number of hydrogen-bond acceptors (Lipinski definition) is 2. The summed E-state index contributed by atoms with van der Waals surface area (Å²) in [5.41, 5.74) is 25.5. The van der Waals surface area contributed by atoms with Crippen LogP contribution in [0, 0.1) is 0 Å². The Labute approximate surface area is 306 Å². The monoisotopic (exact) mass is 673 g/mol. The zero-order valence-electron chi connectivity index (χ0n) is 31.8. The number of unbranched alkanes of at least 4 members (excludes halogenated alkanes) is 13. The highest BCUT2D eigenvalue weighted by atomic mass is 14.5. The third-order valence-corrected chi connectivity index (χ3v) is 10.6. The van der Waals surface area contributed by atoms with Crippen molar-refractivity contribution in [3.05, 3.63) is 129 Å². The molecule has 0 atom stereocenters. The van der Waals surface area contributed by atoms with E-state index < -0.39 is 0 Å². The van der Waals surface area contributed by atoms with Gasteiger partial charge in [0.1, 0.15) is 0 Å². The van der Waals surface area contributed by atoms with Crippen LogP contribution in [0.25, 0.3) is 0 Å². The summed E-state index contributed by atoms with van der Waals surface area (Å²) < 4.78 is 0. The van der Waals surface area contributed by atoms with E-state index in [1.807, 2.05) is 0 Å². The lowest BCUT2D eigenvalue weighted by Gasteiger charge is -2.12. The van der Waals surface area contributed by atoms with Crippen molar-refractivity contribution in [2.24, 2.45) is 0 Å². The molecule has 2 heteroatoms. The molecule has 2 nitrogen and oxygen atoms in total. The van der Waals surface area contributed by atoms with Gasteiger partial charge < -0.3 is 11.5 Å². The van der Waals surface area contributed by atoms with Gasteiger partial charge in [-0.05, 0) is 133 Å². The minimum atomic E-state index is 0.889. The van der Waals surface area contributed by atoms with E-state index >= 15 is 0 Å². The summed E-state index contributed by atoms with van der Waals surface area (Å²) in [7, 11) is 0. The minimum Gasteiger partial charge on any atom is -0.399 e. The second kappa shape index (κ2) is 23.0. The zero-order chi connectivity index (χ0) is 35.2. The van der Waals surface area contributed by atoms with E-state index in [-0.39, 0.29) is 0 Å². The molecule has 0 aromatic heterocycles. The largest absolute Gasteiger partial charge is 0.399 e. The van der Waals surface area contributed by atoms with Crippen LogP contribution in [0.15, 0.2) is 84.9 Å². The average molecular weight is 673 g/mol. The number of anilines is 2. The highest BCUT2D eigenvalue weighted by molar-refractivity contribution is 5.47. The Balaban J connectivity index is 1.05. The van der Waals surface area contributed by atoms with Crippen molar-refractivity contribution in [2.45, 2.75) is 155 Å². The highest BCUT2D eigenvalue weighted by Crippen LogP contribution is 2.23. The molecule has 0 aliphatic heterocycles. The first-order valence-corrected chi connectivity index (χ1v) is 20.4. The molecule has 4 aromatic rings. The lowest BCUT2D eigenvalue weighted by molar-refractivity contribution is 0.567. The summed E-state index contributed by atoms with van der Waals surface area (Å²) in [5, 5.41) is 0. The molecule has 4 N–H and O–H groups in total. The van der Waals surface area contributed by atoms with Crippen LogP contribution >= 0.6 is 0 Å². The lowest BCUT2D eigenvalue weighted by Crippen LogP contribution is -1.99. The molecule has 0 amide bonds. The van der Waals surface area contributed by atoms with Crippen molar-refractivity contribution in [3.63, 3.8) is 0 Å². The molecule has 0 saturated carbocycles. The van der Waals surface area contributed by atoms with Crippen molar-refractivity contribution in [3.8, 4) is 0 Å². The third-order valence-electron chi connectivity index (χ3n) is 10.6. The van der Waals surface area contributed by atoms with E-state index in [2.05, 4.69) is 98.8 Å². The fraction of sp³-hybridized carbons (Fsp3) is 0.500. The molecule has 0 heterocycles. The van der Waals surface area contributed by atoms with Gasteiger partial charge >= 0.3 is 0 Å². The van der Waals surface area contributed by atoms with Crippen molar-refractivity contribution >= 4 is 11.4 Å². The van der Waals surface area contributed by atoms with Crippen LogP contribution in [0.1, 0.15) is 161 Å². The zero-order valence-corrected chi connectivity index (χ0v) is 31.8. The maximum Gasteiger partial charge on any atom is 0.0316 e. The standard InChI is InChI=1S/C48H68N2/c1-3-5-7-17-21-43-37-47(49)33-31-45(43)35-41-27-23-39(24-28-41)19-15-13-11-9-10-12-14-16-20-40-25-29-42(30-26-40)36-46-32-34-48(50)38-44(46)22-18-8-6-4-2/h23-34,37-38H,3-22,35-36,49-50H2,1-2H3. The summed E-state index contributed by atoms with van der Waals surface area (Å²) in [4.78, 5) is 0. The van der Waals surface area contributed by atoms with E-state index in [0.29, 0.717) is 0 Å². The summed E-state index contributed by atoms with van der Waals surface area (Å²) in [6.07, 6.45) is 27.8. The topological polar surface area (TPSA) is 52.0 Å². The molecule has 0 saturated heterocycles. The Morgan fingerprint density at radius 1 is 0.320 bits per heavy atom. The van der Waals surface area contributed by atoms with E-state index in [9.17, 15) is 0 Å². The first kappa shape index (κ1) is 39.3. The normalized spacial score (nSPS) is 11.3. The molecule has 0 unspecified atom stereocenters. The first-order chi connectivity index (χ1) is 24.5. The quantitative estimate of drug-likeness (QED) is 0.0544. The SMILES string of the molecule is CCCCCCc1cc(N)ccc1Cc1ccc(CCCCCCCCCCc2ccc(Cc3ccc(N)cc3CCCCCC)cc2)cc1. The molecule has 0 spiro atoms. The van der Waals surface area contributed by atoms with Crippen molar-refractivity contribution in [2.75, 3.05) is 11.5 Å². The molecule has 0 fully saturated rings. The van der Waals surface area contributed by atoms with Crippen molar-refractivity contribution in [1.29, 1.82) is 0 Å². The molecule has 0 aliphatic rings. The first-order valence-electron chi connectivity index (χ1n) is 20.4. The Bertz CT molecular complexity index is 1370. The molecule has 4 aromatic carbocycles. The van der Waals surface area contributed by atoms with Crippen LogP contribution < -0.4 is 11.5 Å². The Hall–Kier alpha value is -3.52. The number of rotatable bonds is 25. The molecule has 4 rings (SSSR count). The fourth-order valence-corrected chi connectivity index (χ4v) is 7.39. The second-order valence-electron chi connectivity index (χ2n) is 15.0. The van der Waals surface area contributed by atoms with E-state index in [1.54, 1.807) is 0 Å². The van der Waals surface area contributed by atoms with Gasteiger partial charge in [-0.15, -0.1) is 0 Å². The molecule has 0 aliphatic carbocycles. The highest BCUT2D eigenvalue weighted by Gasteiger charge is 2.07. The Morgan fingerprint density at radius 2 is 0.640 bits per heavy atom. The lowest BCUT2D eigenvalue weighted by atomic mass is 9.94. The van der Waals surface area contributed by atoms with Gasteiger partial charge in [0.05, 0.1) is 0 Å². The van der Waals surface area contributed by atoms with Crippen LogP contribution in [0.2, 0.25) is 0 Å². The summed E-state index contributed by atoms with van der Waals surface area (Å²) >= 11 is 0. The molecule has 0 radical (unpaired) electrons. The summed E-state index contributed by atoms with van der Waals surface area (Å²) in [5.74, 6) is 0. The number of nitrogen functional groups attached to an aromatic ring is 2. The second-order valence-corrected chi connectivity index (χ2v) is 15.0. The fourth-order valence-electron chi connectivity index (χ4n) is 7.39. The van der Waals surface area contributed by atoms with E-state index in [0.717, 1.165) is 37.1 Å². The predicted octanol–water partition coefficient (Wildman–Crippen LogP) is 13.2. The number of nitrogens with two attached hydrogens (primary N) is 2. The van der Waals surface area contributed by atoms with Crippen LogP contribution in [0.5, 0.6) is 0 Å². The predicted molar refractivity (Wildman–Crippen MR) is 220 cm³/mol. The summed E-state index contributed by atoms with van der Waals surface area (Å²) in [6.45, 7) is 4.54. The molecule has 270 valence electrons. The molecule has 0 bridgehead atoms. The van der Waals surface area contributed by atoms with Crippen molar-refractivity contribution < 1.29 is 0 Å². The van der Waals surface area contributed by atoms with Crippen molar-refractivity contribution in [1.82, 2.24) is 0 Å². The number of hydrogen-bond donors (Lipinski definition) is 2. The van der Waals surface area contributed by atoms with Gasteiger partial charge in [-0.1, -0.05) is 152 Å². The van der Waals surface area contributed by atoms with Gasteiger partial charge in [-0.2, -0.15) is 0 Å². The smallest absolute Gasteiger partial charge is 0.0316 e.